The van der Waals surface area contributed by atoms with Gasteiger partial charge in [0.05, 0.1) is 12.2 Å². The van der Waals surface area contributed by atoms with Crippen LogP contribution < -0.4 is 0 Å². The SMILES string of the molecule is CC1CC=CCC1COCC(=O)c1ccccc1F. The molecule has 2 rings (SSSR count). The number of halogens is 1. The van der Waals surface area contributed by atoms with Crippen molar-refractivity contribution in [2.75, 3.05) is 13.2 Å². The number of hydrogen-bond acceptors (Lipinski definition) is 2. The second kappa shape index (κ2) is 6.62. The highest BCUT2D eigenvalue weighted by molar-refractivity contribution is 5.97. The maximum Gasteiger partial charge on any atom is 0.191 e. The van der Waals surface area contributed by atoms with Gasteiger partial charge in [0.2, 0.25) is 0 Å². The standard InChI is InChI=1S/C16H19FO2/c1-12-6-2-3-7-13(12)10-19-11-16(18)14-8-4-5-9-15(14)17/h2-5,8-9,12-13H,6-7,10-11H2,1H3. The Morgan fingerprint density at radius 1 is 1.32 bits per heavy atom. The Hall–Kier alpha value is -1.48. The summed E-state index contributed by atoms with van der Waals surface area (Å²) in [6.07, 6.45) is 6.41. The summed E-state index contributed by atoms with van der Waals surface area (Å²) in [6.45, 7) is 2.70. The van der Waals surface area contributed by atoms with Crippen LogP contribution in [0.25, 0.3) is 0 Å². The van der Waals surface area contributed by atoms with Crippen molar-refractivity contribution in [3.05, 3.63) is 47.8 Å². The van der Waals surface area contributed by atoms with Gasteiger partial charge in [-0.15, -0.1) is 0 Å². The first-order valence-electron chi connectivity index (χ1n) is 6.69. The molecule has 102 valence electrons. The smallest absolute Gasteiger partial charge is 0.191 e. The lowest BCUT2D eigenvalue weighted by molar-refractivity contribution is 0.0599. The number of hydrogen-bond donors (Lipinski definition) is 0. The zero-order valence-electron chi connectivity index (χ0n) is 11.1. The summed E-state index contributed by atoms with van der Waals surface area (Å²) in [4.78, 5) is 11.8. The number of carbonyl (C=O) groups is 1. The first kappa shape index (κ1) is 13.9. The molecule has 0 spiro atoms. The first-order chi connectivity index (χ1) is 9.18. The van der Waals surface area contributed by atoms with E-state index in [-0.39, 0.29) is 18.0 Å². The molecule has 0 N–H and O–H groups in total. The molecule has 1 aromatic rings. The number of ether oxygens (including phenoxy) is 1. The van der Waals surface area contributed by atoms with Crippen molar-refractivity contribution in [1.29, 1.82) is 0 Å². The van der Waals surface area contributed by atoms with E-state index in [9.17, 15) is 9.18 Å². The van der Waals surface area contributed by atoms with Gasteiger partial charge in [0, 0.05) is 0 Å². The molecule has 0 aliphatic heterocycles. The average molecular weight is 262 g/mol. The van der Waals surface area contributed by atoms with Gasteiger partial charge < -0.3 is 4.74 Å². The fraction of sp³-hybridized carbons (Fsp3) is 0.438. The lowest BCUT2D eigenvalue weighted by Crippen LogP contribution is -2.22. The number of carbonyl (C=O) groups excluding carboxylic acids is 1. The average Bonchev–Trinajstić information content (AvgIpc) is 2.41. The summed E-state index contributed by atoms with van der Waals surface area (Å²) in [5.74, 6) is 0.258. The molecule has 2 atom stereocenters. The van der Waals surface area contributed by atoms with Gasteiger partial charge in [-0.2, -0.15) is 0 Å². The summed E-state index contributed by atoms with van der Waals surface area (Å²) in [5.41, 5.74) is 0.110. The minimum Gasteiger partial charge on any atom is -0.373 e. The molecule has 1 aromatic carbocycles. The van der Waals surface area contributed by atoms with Crippen LogP contribution in [0.2, 0.25) is 0 Å². The number of ketones is 1. The Morgan fingerprint density at radius 3 is 2.79 bits per heavy atom. The van der Waals surface area contributed by atoms with Gasteiger partial charge in [-0.3, -0.25) is 4.79 Å². The highest BCUT2D eigenvalue weighted by Crippen LogP contribution is 2.25. The molecular weight excluding hydrogens is 243 g/mol. The second-order valence-corrected chi connectivity index (χ2v) is 5.10. The maximum atomic E-state index is 13.4. The van der Waals surface area contributed by atoms with E-state index in [4.69, 9.17) is 4.74 Å². The summed E-state index contributed by atoms with van der Waals surface area (Å²) < 4.78 is 18.9. The highest BCUT2D eigenvalue weighted by atomic mass is 19.1. The molecule has 0 saturated carbocycles. The van der Waals surface area contributed by atoms with Crippen LogP contribution >= 0.6 is 0 Å². The minimum atomic E-state index is -0.481. The predicted octanol–water partition coefficient (Wildman–Crippen LogP) is 3.63. The van der Waals surface area contributed by atoms with Gasteiger partial charge >= 0.3 is 0 Å². The maximum absolute atomic E-state index is 13.4. The molecule has 19 heavy (non-hydrogen) atoms. The van der Waals surface area contributed by atoms with Gasteiger partial charge in [0.1, 0.15) is 12.4 Å². The molecule has 0 radical (unpaired) electrons. The molecule has 0 fully saturated rings. The zero-order chi connectivity index (χ0) is 13.7. The number of benzene rings is 1. The van der Waals surface area contributed by atoms with E-state index in [1.165, 1.54) is 12.1 Å². The molecule has 0 heterocycles. The van der Waals surface area contributed by atoms with E-state index in [2.05, 4.69) is 19.1 Å². The Kier molecular flexibility index (Phi) is 4.86. The van der Waals surface area contributed by atoms with Crippen molar-refractivity contribution in [2.45, 2.75) is 19.8 Å². The van der Waals surface area contributed by atoms with E-state index in [1.54, 1.807) is 12.1 Å². The van der Waals surface area contributed by atoms with Crippen molar-refractivity contribution >= 4 is 5.78 Å². The van der Waals surface area contributed by atoms with Crippen molar-refractivity contribution in [2.24, 2.45) is 11.8 Å². The Labute approximate surface area is 113 Å². The third kappa shape index (κ3) is 3.74. The summed E-state index contributed by atoms with van der Waals surface area (Å²) in [5, 5.41) is 0. The minimum absolute atomic E-state index is 0.0478. The second-order valence-electron chi connectivity index (χ2n) is 5.10. The van der Waals surface area contributed by atoms with Gasteiger partial charge in [0.25, 0.3) is 0 Å². The van der Waals surface area contributed by atoms with Crippen molar-refractivity contribution in [1.82, 2.24) is 0 Å². The predicted molar refractivity (Wildman–Crippen MR) is 72.6 cm³/mol. The van der Waals surface area contributed by atoms with E-state index in [1.807, 2.05) is 0 Å². The van der Waals surface area contributed by atoms with Crippen LogP contribution in [-0.4, -0.2) is 19.0 Å². The van der Waals surface area contributed by atoms with Crippen LogP contribution in [0.5, 0.6) is 0 Å². The molecule has 0 aromatic heterocycles. The summed E-state index contributed by atoms with van der Waals surface area (Å²) in [7, 11) is 0. The third-order valence-corrected chi connectivity index (χ3v) is 3.66. The number of allylic oxidation sites excluding steroid dienone is 2. The van der Waals surface area contributed by atoms with Crippen LogP contribution in [0.3, 0.4) is 0 Å². The van der Waals surface area contributed by atoms with Crippen LogP contribution in [0.1, 0.15) is 30.1 Å². The van der Waals surface area contributed by atoms with E-state index >= 15 is 0 Å². The van der Waals surface area contributed by atoms with Crippen molar-refractivity contribution in [3.63, 3.8) is 0 Å². The molecule has 0 saturated heterocycles. The fourth-order valence-electron chi connectivity index (χ4n) is 2.31. The molecule has 3 heteroatoms. The van der Waals surface area contributed by atoms with Gasteiger partial charge in [-0.1, -0.05) is 31.2 Å². The van der Waals surface area contributed by atoms with Crippen LogP contribution in [-0.2, 0) is 4.74 Å². The number of Topliss-reactive ketones (excluding diaryl/α,β-unsaturated/α-hetero) is 1. The summed E-state index contributed by atoms with van der Waals surface area (Å²) >= 11 is 0. The Morgan fingerprint density at radius 2 is 2.05 bits per heavy atom. The van der Waals surface area contributed by atoms with E-state index < -0.39 is 5.82 Å². The molecule has 2 nitrogen and oxygen atoms in total. The summed E-state index contributed by atoms with van der Waals surface area (Å²) in [6, 6.07) is 6.02. The third-order valence-electron chi connectivity index (χ3n) is 3.66. The largest absolute Gasteiger partial charge is 0.373 e. The highest BCUT2D eigenvalue weighted by Gasteiger charge is 2.19. The normalized spacial score (nSPS) is 22.4. The van der Waals surface area contributed by atoms with Crippen LogP contribution in [0.15, 0.2) is 36.4 Å². The fourth-order valence-corrected chi connectivity index (χ4v) is 2.31. The van der Waals surface area contributed by atoms with Crippen LogP contribution in [0, 0.1) is 17.7 Å². The van der Waals surface area contributed by atoms with Crippen LogP contribution in [0.4, 0.5) is 4.39 Å². The lowest BCUT2D eigenvalue weighted by Gasteiger charge is -2.24. The molecular formula is C16H19FO2. The first-order valence-corrected chi connectivity index (χ1v) is 6.69. The number of rotatable bonds is 5. The molecule has 1 aliphatic carbocycles. The topological polar surface area (TPSA) is 26.3 Å². The monoisotopic (exact) mass is 262 g/mol. The molecule has 0 amide bonds. The Balaban J connectivity index is 1.81. The van der Waals surface area contributed by atoms with E-state index in [0.717, 1.165) is 12.8 Å². The van der Waals surface area contributed by atoms with Crippen molar-refractivity contribution < 1.29 is 13.9 Å². The molecule has 1 aliphatic rings. The lowest BCUT2D eigenvalue weighted by atomic mass is 9.85. The zero-order valence-corrected chi connectivity index (χ0v) is 11.1. The van der Waals surface area contributed by atoms with Gasteiger partial charge in [-0.05, 0) is 36.8 Å². The quantitative estimate of drug-likeness (QED) is 0.598. The molecule has 0 bridgehead atoms. The van der Waals surface area contributed by atoms with Gasteiger partial charge in [-0.25, -0.2) is 4.39 Å². The Bertz CT molecular complexity index is 468. The molecule has 2 unspecified atom stereocenters. The van der Waals surface area contributed by atoms with Gasteiger partial charge in [0.15, 0.2) is 5.78 Å². The van der Waals surface area contributed by atoms with Crippen molar-refractivity contribution in [3.8, 4) is 0 Å². The van der Waals surface area contributed by atoms with E-state index in [0.29, 0.717) is 18.4 Å².